The van der Waals surface area contributed by atoms with Crippen molar-refractivity contribution in [2.45, 2.75) is 25.9 Å². The predicted octanol–water partition coefficient (Wildman–Crippen LogP) is 3.10. The molecule has 0 amide bonds. The van der Waals surface area contributed by atoms with Gasteiger partial charge >= 0.3 is 0 Å². The first-order valence-electron chi connectivity index (χ1n) is 6.38. The van der Waals surface area contributed by atoms with E-state index in [1.54, 1.807) is 0 Å². The van der Waals surface area contributed by atoms with Gasteiger partial charge in [-0.3, -0.25) is 4.90 Å². The van der Waals surface area contributed by atoms with Gasteiger partial charge in [-0.2, -0.15) is 11.8 Å². The van der Waals surface area contributed by atoms with Gasteiger partial charge in [0.05, 0.1) is 10.7 Å². The van der Waals surface area contributed by atoms with Crippen LogP contribution in [0.2, 0.25) is 5.02 Å². The predicted molar refractivity (Wildman–Crippen MR) is 80.6 cm³/mol. The minimum atomic E-state index is 0.663. The van der Waals surface area contributed by atoms with Crippen LogP contribution in [-0.2, 0) is 6.54 Å². The minimum absolute atomic E-state index is 0.663. The molecule has 0 saturated carbocycles. The molecule has 1 aromatic heterocycles. The summed E-state index contributed by atoms with van der Waals surface area (Å²) in [5.41, 5.74) is 0.967. The second-order valence-electron chi connectivity index (χ2n) is 4.59. The summed E-state index contributed by atoms with van der Waals surface area (Å²) in [5.74, 6) is 3.40. The molecule has 1 saturated heterocycles. The fourth-order valence-corrected chi connectivity index (χ4v) is 3.57. The van der Waals surface area contributed by atoms with Gasteiger partial charge in [0, 0.05) is 24.9 Å². The number of nitrogens with one attached hydrogen (secondary N) is 1. The fraction of sp³-hybridized carbons (Fsp3) is 0.615. The van der Waals surface area contributed by atoms with Crippen molar-refractivity contribution in [3.63, 3.8) is 0 Å². The van der Waals surface area contributed by atoms with Crippen LogP contribution in [0.25, 0.3) is 0 Å². The lowest BCUT2D eigenvalue weighted by atomic mass is 10.2. The molecule has 0 bridgehead atoms. The lowest BCUT2D eigenvalue weighted by molar-refractivity contribution is 0.251. The van der Waals surface area contributed by atoms with Crippen molar-refractivity contribution in [2.75, 3.05) is 30.4 Å². The SMILES string of the molecule is CCNc1ccc(Cl)c(CN(C)C2CCSC2)n1. The Kier molecular flexibility index (Phi) is 5.15. The second-order valence-corrected chi connectivity index (χ2v) is 6.14. The minimum Gasteiger partial charge on any atom is -0.370 e. The highest BCUT2D eigenvalue weighted by molar-refractivity contribution is 7.99. The standard InChI is InChI=1S/C13H20ClN3S/c1-3-15-13-5-4-11(14)12(16-13)8-17(2)10-6-7-18-9-10/h4-5,10H,3,6-9H2,1-2H3,(H,15,16). The maximum atomic E-state index is 6.22. The van der Waals surface area contributed by atoms with Crippen molar-refractivity contribution >= 4 is 29.2 Å². The molecule has 1 unspecified atom stereocenters. The first-order chi connectivity index (χ1) is 8.70. The molecule has 0 aromatic carbocycles. The summed E-state index contributed by atoms with van der Waals surface area (Å²) in [4.78, 5) is 6.95. The monoisotopic (exact) mass is 285 g/mol. The smallest absolute Gasteiger partial charge is 0.126 e. The molecule has 0 aliphatic carbocycles. The van der Waals surface area contributed by atoms with Gasteiger partial charge in [-0.25, -0.2) is 4.98 Å². The molecular weight excluding hydrogens is 266 g/mol. The zero-order valence-electron chi connectivity index (χ0n) is 10.9. The third-order valence-electron chi connectivity index (χ3n) is 3.20. The fourth-order valence-electron chi connectivity index (χ4n) is 2.11. The van der Waals surface area contributed by atoms with Gasteiger partial charge in [-0.1, -0.05) is 11.6 Å². The summed E-state index contributed by atoms with van der Waals surface area (Å²) in [6, 6.07) is 4.52. The van der Waals surface area contributed by atoms with E-state index in [1.807, 2.05) is 23.9 Å². The van der Waals surface area contributed by atoms with Crippen LogP contribution in [0.3, 0.4) is 0 Å². The number of thioether (sulfide) groups is 1. The molecule has 100 valence electrons. The number of pyridine rings is 1. The van der Waals surface area contributed by atoms with Crippen molar-refractivity contribution in [3.8, 4) is 0 Å². The number of halogens is 1. The average Bonchev–Trinajstić information content (AvgIpc) is 2.87. The molecule has 1 aliphatic heterocycles. The van der Waals surface area contributed by atoms with E-state index in [-0.39, 0.29) is 0 Å². The number of anilines is 1. The van der Waals surface area contributed by atoms with Crippen molar-refractivity contribution in [1.82, 2.24) is 9.88 Å². The summed E-state index contributed by atoms with van der Waals surface area (Å²) < 4.78 is 0. The first kappa shape index (κ1) is 14.0. The van der Waals surface area contributed by atoms with Gasteiger partial charge in [0.1, 0.15) is 5.82 Å². The summed E-state index contributed by atoms with van der Waals surface area (Å²) >= 11 is 8.25. The normalized spacial score (nSPS) is 19.4. The zero-order valence-corrected chi connectivity index (χ0v) is 12.5. The number of aromatic nitrogens is 1. The van der Waals surface area contributed by atoms with Crippen molar-refractivity contribution in [3.05, 3.63) is 22.8 Å². The summed E-state index contributed by atoms with van der Waals surface area (Å²) in [6.07, 6.45) is 1.27. The molecule has 1 aromatic rings. The third-order valence-corrected chi connectivity index (χ3v) is 4.69. The van der Waals surface area contributed by atoms with E-state index in [1.165, 1.54) is 17.9 Å². The topological polar surface area (TPSA) is 28.2 Å². The highest BCUT2D eigenvalue weighted by Gasteiger charge is 2.21. The van der Waals surface area contributed by atoms with Crippen molar-refractivity contribution in [2.24, 2.45) is 0 Å². The van der Waals surface area contributed by atoms with Gasteiger partial charge in [-0.15, -0.1) is 0 Å². The molecular formula is C13H20ClN3S. The highest BCUT2D eigenvalue weighted by Crippen LogP contribution is 2.24. The van der Waals surface area contributed by atoms with Crippen LogP contribution in [-0.4, -0.2) is 41.0 Å². The van der Waals surface area contributed by atoms with Crippen LogP contribution in [0.4, 0.5) is 5.82 Å². The molecule has 0 radical (unpaired) electrons. The van der Waals surface area contributed by atoms with E-state index in [2.05, 4.69) is 29.2 Å². The molecule has 2 heterocycles. The Hall–Kier alpha value is -0.450. The third kappa shape index (κ3) is 3.53. The second kappa shape index (κ2) is 6.64. The van der Waals surface area contributed by atoms with E-state index in [9.17, 15) is 0 Å². The lowest BCUT2D eigenvalue weighted by Gasteiger charge is -2.23. The van der Waals surface area contributed by atoms with Gasteiger partial charge in [-0.05, 0) is 38.3 Å². The van der Waals surface area contributed by atoms with Crippen LogP contribution >= 0.6 is 23.4 Å². The number of nitrogens with zero attached hydrogens (tertiary/aromatic N) is 2. The van der Waals surface area contributed by atoms with Crippen LogP contribution in [0.1, 0.15) is 19.0 Å². The molecule has 0 spiro atoms. The Morgan fingerprint density at radius 3 is 3.06 bits per heavy atom. The first-order valence-corrected chi connectivity index (χ1v) is 7.91. The largest absolute Gasteiger partial charge is 0.370 e. The van der Waals surface area contributed by atoms with Gasteiger partial charge in [0.2, 0.25) is 0 Å². The Morgan fingerprint density at radius 2 is 2.39 bits per heavy atom. The molecule has 3 nitrogen and oxygen atoms in total. The Morgan fingerprint density at radius 1 is 1.56 bits per heavy atom. The molecule has 1 aliphatic rings. The van der Waals surface area contributed by atoms with Crippen LogP contribution in [0, 0.1) is 0 Å². The Bertz CT molecular complexity index is 394. The lowest BCUT2D eigenvalue weighted by Crippen LogP contribution is -2.31. The molecule has 1 atom stereocenters. The van der Waals surface area contributed by atoms with Crippen molar-refractivity contribution < 1.29 is 0 Å². The van der Waals surface area contributed by atoms with Crippen LogP contribution in [0.15, 0.2) is 12.1 Å². The molecule has 1 fully saturated rings. The quantitative estimate of drug-likeness (QED) is 0.900. The van der Waals surface area contributed by atoms with Gasteiger partial charge < -0.3 is 5.32 Å². The van der Waals surface area contributed by atoms with Crippen LogP contribution < -0.4 is 5.32 Å². The van der Waals surface area contributed by atoms with E-state index in [0.717, 1.165) is 29.6 Å². The van der Waals surface area contributed by atoms with E-state index in [4.69, 9.17) is 11.6 Å². The van der Waals surface area contributed by atoms with E-state index in [0.29, 0.717) is 6.04 Å². The van der Waals surface area contributed by atoms with Gasteiger partial charge in [0.25, 0.3) is 0 Å². The summed E-state index contributed by atoms with van der Waals surface area (Å²) in [6.45, 7) is 3.77. The highest BCUT2D eigenvalue weighted by atomic mass is 35.5. The molecule has 5 heteroatoms. The summed E-state index contributed by atoms with van der Waals surface area (Å²) in [5, 5.41) is 3.98. The maximum absolute atomic E-state index is 6.22. The Balaban J connectivity index is 2.04. The maximum Gasteiger partial charge on any atom is 0.126 e. The average molecular weight is 286 g/mol. The molecule has 1 N–H and O–H groups in total. The zero-order chi connectivity index (χ0) is 13.0. The Labute approximate surface area is 118 Å². The van der Waals surface area contributed by atoms with Crippen LogP contribution in [0.5, 0.6) is 0 Å². The number of rotatable bonds is 5. The van der Waals surface area contributed by atoms with Gasteiger partial charge in [0.15, 0.2) is 0 Å². The molecule has 2 rings (SSSR count). The van der Waals surface area contributed by atoms with E-state index >= 15 is 0 Å². The molecule has 18 heavy (non-hydrogen) atoms. The summed E-state index contributed by atoms with van der Waals surface area (Å²) in [7, 11) is 2.16. The van der Waals surface area contributed by atoms with E-state index < -0.39 is 0 Å². The number of hydrogen-bond donors (Lipinski definition) is 1. The number of hydrogen-bond acceptors (Lipinski definition) is 4. The van der Waals surface area contributed by atoms with Crippen molar-refractivity contribution in [1.29, 1.82) is 0 Å².